The Labute approximate surface area is 146 Å². The van der Waals surface area contributed by atoms with Crippen molar-refractivity contribution < 1.29 is 18.0 Å². The number of ketones is 1. The molecule has 0 spiro atoms. The molecule has 1 amide bonds. The first-order valence-corrected chi connectivity index (χ1v) is 9.01. The van der Waals surface area contributed by atoms with Gasteiger partial charge < -0.3 is 4.90 Å². The normalized spacial score (nSPS) is 11.1. The lowest BCUT2D eigenvalue weighted by Gasteiger charge is -2.17. The van der Waals surface area contributed by atoms with Gasteiger partial charge in [-0.3, -0.25) is 14.6 Å². The number of nitrogens with one attached hydrogen (secondary N) is 1. The zero-order chi connectivity index (χ0) is 18.4. The topological polar surface area (TPSA) is 96.4 Å². The number of likely N-dealkylation sites (N-methyl/N-ethyl adjacent to an activating group) is 1. The maximum atomic E-state index is 12.2. The molecule has 0 aliphatic rings. The van der Waals surface area contributed by atoms with Gasteiger partial charge in [-0.15, -0.1) is 0 Å². The van der Waals surface area contributed by atoms with E-state index in [0.717, 1.165) is 5.56 Å². The minimum atomic E-state index is -3.83. The van der Waals surface area contributed by atoms with Crippen molar-refractivity contribution in [3.8, 4) is 0 Å². The van der Waals surface area contributed by atoms with Crippen molar-refractivity contribution >= 4 is 21.7 Å². The molecule has 25 heavy (non-hydrogen) atoms. The predicted octanol–water partition coefficient (Wildman–Crippen LogP) is 1.22. The number of sulfonamides is 1. The summed E-state index contributed by atoms with van der Waals surface area (Å²) >= 11 is 0. The van der Waals surface area contributed by atoms with Crippen molar-refractivity contribution in [1.82, 2.24) is 14.6 Å². The van der Waals surface area contributed by atoms with E-state index >= 15 is 0 Å². The third-order valence-electron chi connectivity index (χ3n) is 3.55. The molecule has 132 valence electrons. The van der Waals surface area contributed by atoms with Crippen molar-refractivity contribution in [2.24, 2.45) is 0 Å². The second-order valence-corrected chi connectivity index (χ2v) is 7.28. The van der Waals surface area contributed by atoms with E-state index in [0.29, 0.717) is 12.1 Å². The standard InChI is InChI=1S/C17H19N3O4S/c1-13(21)15-5-7-16(8-6-15)25(23,24)19-11-17(22)20(2)12-14-4-3-9-18-10-14/h3-10,19H,11-12H2,1-2H3. The molecule has 2 rings (SSSR count). The molecule has 0 aliphatic heterocycles. The van der Waals surface area contributed by atoms with Crippen LogP contribution in [-0.2, 0) is 21.4 Å². The van der Waals surface area contributed by atoms with Crippen LogP contribution < -0.4 is 4.72 Å². The zero-order valence-corrected chi connectivity index (χ0v) is 14.8. The second-order valence-electron chi connectivity index (χ2n) is 5.52. The molecule has 8 heteroatoms. The van der Waals surface area contributed by atoms with Gasteiger partial charge in [0.2, 0.25) is 15.9 Å². The van der Waals surface area contributed by atoms with E-state index < -0.39 is 10.0 Å². The van der Waals surface area contributed by atoms with Crippen LogP contribution in [0.25, 0.3) is 0 Å². The number of pyridine rings is 1. The monoisotopic (exact) mass is 361 g/mol. The Morgan fingerprint density at radius 1 is 1.16 bits per heavy atom. The van der Waals surface area contributed by atoms with Crippen LogP contribution in [0.5, 0.6) is 0 Å². The van der Waals surface area contributed by atoms with E-state index in [1.54, 1.807) is 25.5 Å². The first-order chi connectivity index (χ1) is 11.8. The highest BCUT2D eigenvalue weighted by Gasteiger charge is 2.17. The van der Waals surface area contributed by atoms with Gasteiger partial charge in [-0.05, 0) is 30.7 Å². The average Bonchev–Trinajstić information content (AvgIpc) is 2.60. The summed E-state index contributed by atoms with van der Waals surface area (Å²) < 4.78 is 26.7. The Balaban J connectivity index is 1.96. The van der Waals surface area contributed by atoms with Crippen molar-refractivity contribution in [1.29, 1.82) is 0 Å². The highest BCUT2D eigenvalue weighted by Crippen LogP contribution is 2.11. The van der Waals surface area contributed by atoms with Gasteiger partial charge in [-0.1, -0.05) is 18.2 Å². The molecule has 7 nitrogen and oxygen atoms in total. The Morgan fingerprint density at radius 2 is 1.84 bits per heavy atom. The van der Waals surface area contributed by atoms with Gasteiger partial charge in [-0.25, -0.2) is 13.1 Å². The fraction of sp³-hybridized carbons (Fsp3) is 0.235. The number of benzene rings is 1. The molecule has 0 fully saturated rings. The molecule has 0 saturated carbocycles. The van der Waals surface area contributed by atoms with Crippen molar-refractivity contribution in [2.45, 2.75) is 18.4 Å². The molecule has 1 aromatic heterocycles. The van der Waals surface area contributed by atoms with Gasteiger partial charge in [0.25, 0.3) is 0 Å². The van der Waals surface area contributed by atoms with Crippen LogP contribution >= 0.6 is 0 Å². The van der Waals surface area contributed by atoms with E-state index in [4.69, 9.17) is 0 Å². The van der Waals surface area contributed by atoms with Gasteiger partial charge in [0.15, 0.2) is 5.78 Å². The van der Waals surface area contributed by atoms with Gasteiger partial charge in [0, 0.05) is 31.5 Å². The number of carbonyl (C=O) groups is 2. The fourth-order valence-corrected chi connectivity index (χ4v) is 3.07. The lowest BCUT2D eigenvalue weighted by atomic mass is 10.2. The lowest BCUT2D eigenvalue weighted by Crippen LogP contribution is -2.37. The summed E-state index contributed by atoms with van der Waals surface area (Å²) in [6, 6.07) is 9.14. The number of aromatic nitrogens is 1. The molecule has 1 N–H and O–H groups in total. The SMILES string of the molecule is CC(=O)c1ccc(S(=O)(=O)NCC(=O)N(C)Cc2cccnc2)cc1. The van der Waals surface area contributed by atoms with Crippen LogP contribution in [0.4, 0.5) is 0 Å². The predicted molar refractivity (Wildman–Crippen MR) is 92.3 cm³/mol. The second kappa shape index (κ2) is 8.00. The Morgan fingerprint density at radius 3 is 2.40 bits per heavy atom. The van der Waals surface area contributed by atoms with Crippen LogP contribution in [0.1, 0.15) is 22.8 Å². The van der Waals surface area contributed by atoms with Gasteiger partial charge in [0.1, 0.15) is 0 Å². The van der Waals surface area contributed by atoms with Crippen LogP contribution in [-0.4, -0.2) is 43.6 Å². The van der Waals surface area contributed by atoms with Crippen LogP contribution in [0, 0.1) is 0 Å². The maximum Gasteiger partial charge on any atom is 0.241 e. The Kier molecular flexibility index (Phi) is 6.00. The van der Waals surface area contributed by atoms with Crippen LogP contribution in [0.2, 0.25) is 0 Å². The molecular formula is C17H19N3O4S. The van der Waals surface area contributed by atoms with E-state index in [1.807, 2.05) is 6.07 Å². The smallest absolute Gasteiger partial charge is 0.241 e. The van der Waals surface area contributed by atoms with Crippen molar-refractivity contribution in [3.05, 3.63) is 59.9 Å². The molecule has 0 saturated heterocycles. The molecule has 0 unspecified atom stereocenters. The fourth-order valence-electron chi connectivity index (χ4n) is 2.10. The van der Waals surface area contributed by atoms with Gasteiger partial charge in [0.05, 0.1) is 11.4 Å². The summed E-state index contributed by atoms with van der Waals surface area (Å²) in [5, 5.41) is 0. The summed E-state index contributed by atoms with van der Waals surface area (Å²) in [4.78, 5) is 28.7. The van der Waals surface area contributed by atoms with E-state index in [2.05, 4.69) is 9.71 Å². The summed E-state index contributed by atoms with van der Waals surface area (Å²) in [5.41, 5.74) is 1.27. The molecular weight excluding hydrogens is 342 g/mol. The van der Waals surface area contributed by atoms with E-state index in [1.165, 1.54) is 36.1 Å². The Bertz CT molecular complexity index is 849. The number of carbonyl (C=O) groups excluding carboxylic acids is 2. The molecule has 1 aromatic carbocycles. The number of hydrogen-bond donors (Lipinski definition) is 1. The summed E-state index contributed by atoms with van der Waals surface area (Å²) in [5.74, 6) is -0.517. The summed E-state index contributed by atoms with van der Waals surface area (Å²) in [7, 11) is -2.24. The minimum absolute atomic E-state index is 0.000197. The summed E-state index contributed by atoms with van der Waals surface area (Å²) in [6.45, 7) is 1.38. The third kappa shape index (κ3) is 5.20. The number of Topliss-reactive ketones (excluding diaryl/α,β-unsaturated/α-hetero) is 1. The van der Waals surface area contributed by atoms with E-state index in [9.17, 15) is 18.0 Å². The zero-order valence-electron chi connectivity index (χ0n) is 14.0. The first-order valence-electron chi connectivity index (χ1n) is 7.53. The van der Waals surface area contributed by atoms with Crippen LogP contribution in [0.3, 0.4) is 0 Å². The maximum absolute atomic E-state index is 12.2. The molecule has 0 bridgehead atoms. The van der Waals surface area contributed by atoms with Crippen molar-refractivity contribution in [3.63, 3.8) is 0 Å². The minimum Gasteiger partial charge on any atom is -0.340 e. The first kappa shape index (κ1) is 18.8. The third-order valence-corrected chi connectivity index (χ3v) is 4.97. The molecule has 0 atom stereocenters. The highest BCUT2D eigenvalue weighted by atomic mass is 32.2. The Hall–Kier alpha value is -2.58. The molecule has 1 heterocycles. The van der Waals surface area contributed by atoms with Crippen LogP contribution in [0.15, 0.2) is 53.7 Å². The number of nitrogens with zero attached hydrogens (tertiary/aromatic N) is 2. The quantitative estimate of drug-likeness (QED) is 0.748. The van der Waals surface area contributed by atoms with Gasteiger partial charge >= 0.3 is 0 Å². The molecule has 2 aromatic rings. The van der Waals surface area contributed by atoms with Crippen molar-refractivity contribution in [2.75, 3.05) is 13.6 Å². The lowest BCUT2D eigenvalue weighted by molar-refractivity contribution is -0.129. The number of hydrogen-bond acceptors (Lipinski definition) is 5. The largest absolute Gasteiger partial charge is 0.340 e. The number of rotatable bonds is 7. The molecule has 0 aliphatic carbocycles. The number of amides is 1. The average molecular weight is 361 g/mol. The van der Waals surface area contributed by atoms with Gasteiger partial charge in [-0.2, -0.15) is 0 Å². The molecule has 0 radical (unpaired) electrons. The highest BCUT2D eigenvalue weighted by molar-refractivity contribution is 7.89. The summed E-state index contributed by atoms with van der Waals surface area (Å²) in [6.07, 6.45) is 3.28. The van der Waals surface area contributed by atoms with E-state index in [-0.39, 0.29) is 23.1 Å².